The van der Waals surface area contributed by atoms with E-state index in [1.807, 2.05) is 0 Å². The lowest BCUT2D eigenvalue weighted by molar-refractivity contribution is -0.129. The first-order valence-electron chi connectivity index (χ1n) is 10.5. The van der Waals surface area contributed by atoms with Crippen LogP contribution in [0.3, 0.4) is 0 Å². The minimum absolute atomic E-state index is 0.0999. The highest BCUT2D eigenvalue weighted by molar-refractivity contribution is 6.04. The molecule has 32 heavy (non-hydrogen) atoms. The number of H-pyrrole nitrogens is 1. The summed E-state index contributed by atoms with van der Waals surface area (Å²) in [5.74, 6) is -2.88. The molecule has 2 fully saturated rings. The van der Waals surface area contributed by atoms with Gasteiger partial charge < -0.3 is 25.3 Å². The normalized spacial score (nSPS) is 22.9. The fourth-order valence-electron chi connectivity index (χ4n) is 4.24. The zero-order valence-corrected chi connectivity index (χ0v) is 17.7. The van der Waals surface area contributed by atoms with Gasteiger partial charge in [-0.3, -0.25) is 9.59 Å². The second-order valence-electron chi connectivity index (χ2n) is 8.30. The number of carbonyl (C=O) groups is 2. The van der Waals surface area contributed by atoms with Crippen LogP contribution in [0.2, 0.25) is 0 Å². The second kappa shape index (κ2) is 8.81. The number of hydrogen-bond donors (Lipinski definition) is 3. The largest absolute Gasteiger partial charge is 0.377 e. The molecule has 1 saturated carbocycles. The first-order chi connectivity index (χ1) is 15.3. The maximum absolute atomic E-state index is 13.0. The van der Waals surface area contributed by atoms with Gasteiger partial charge in [-0.05, 0) is 18.4 Å². The van der Waals surface area contributed by atoms with Gasteiger partial charge in [-0.1, -0.05) is 6.58 Å². The zero-order chi connectivity index (χ0) is 22.9. The van der Waals surface area contributed by atoms with Gasteiger partial charge in [0.15, 0.2) is 5.65 Å². The molecular formula is C21H26F2N6O3. The van der Waals surface area contributed by atoms with Crippen LogP contribution in [0.1, 0.15) is 29.6 Å². The number of nitrogens with zero attached hydrogens (tertiary/aromatic N) is 3. The molecule has 3 N–H and O–H groups in total. The van der Waals surface area contributed by atoms with Crippen molar-refractivity contribution in [2.75, 3.05) is 32.1 Å². The molecule has 0 bridgehead atoms. The van der Waals surface area contributed by atoms with Crippen LogP contribution in [0.15, 0.2) is 25.0 Å². The van der Waals surface area contributed by atoms with Crippen LogP contribution >= 0.6 is 0 Å². The molecule has 4 rings (SSSR count). The fraction of sp³-hybridized carbons (Fsp3) is 0.524. The molecule has 11 heteroatoms. The molecule has 1 aliphatic heterocycles. The number of nitrogens with one attached hydrogen (secondary N) is 3. The lowest BCUT2D eigenvalue weighted by Crippen LogP contribution is -2.52. The average Bonchev–Trinajstić information content (AvgIpc) is 3.19. The van der Waals surface area contributed by atoms with E-state index in [0.717, 1.165) is 0 Å². The molecular weight excluding hydrogens is 422 g/mol. The van der Waals surface area contributed by atoms with E-state index in [4.69, 9.17) is 4.74 Å². The van der Waals surface area contributed by atoms with Crippen molar-refractivity contribution in [1.82, 2.24) is 25.2 Å². The standard InChI is InChI=1S/C21H26F2N6O3/c1-3-17(30)29-5-4-14(15(11-29)32-2)27-16-10-25-19-18(28-16)13(9-24-19)20(31)26-8-12-6-21(22,23)7-12/h3,9-10,12,14-15H,1,4-8,11H2,2H3,(H,24,25)(H,26,31)(H,27,28)/t14-,15+/m1/s1. The van der Waals surface area contributed by atoms with Crippen molar-refractivity contribution in [3.63, 3.8) is 0 Å². The number of alkyl halides is 2. The number of methoxy groups -OCH3 is 1. The van der Waals surface area contributed by atoms with Crippen molar-refractivity contribution >= 4 is 28.8 Å². The Morgan fingerprint density at radius 1 is 1.44 bits per heavy atom. The number of aromatic amines is 1. The molecule has 0 aromatic carbocycles. The van der Waals surface area contributed by atoms with Crippen molar-refractivity contribution in [2.24, 2.45) is 5.92 Å². The number of anilines is 1. The Morgan fingerprint density at radius 3 is 2.91 bits per heavy atom. The smallest absolute Gasteiger partial charge is 0.255 e. The first kappa shape index (κ1) is 22.1. The van der Waals surface area contributed by atoms with Gasteiger partial charge in [0.25, 0.3) is 5.91 Å². The first-order valence-corrected chi connectivity index (χ1v) is 10.5. The summed E-state index contributed by atoms with van der Waals surface area (Å²) < 4.78 is 31.5. The van der Waals surface area contributed by atoms with Crippen LogP contribution in [-0.2, 0) is 9.53 Å². The summed E-state index contributed by atoms with van der Waals surface area (Å²) in [6.45, 7) is 4.70. The predicted octanol–water partition coefficient (Wildman–Crippen LogP) is 1.95. The molecule has 172 valence electrons. The van der Waals surface area contributed by atoms with Crippen molar-refractivity contribution in [2.45, 2.75) is 37.3 Å². The van der Waals surface area contributed by atoms with Gasteiger partial charge in [-0.25, -0.2) is 18.7 Å². The highest BCUT2D eigenvalue weighted by Crippen LogP contribution is 2.41. The van der Waals surface area contributed by atoms with Gasteiger partial charge in [0.1, 0.15) is 11.3 Å². The van der Waals surface area contributed by atoms with Crippen molar-refractivity contribution in [3.8, 4) is 0 Å². The van der Waals surface area contributed by atoms with Crippen molar-refractivity contribution < 1.29 is 23.1 Å². The van der Waals surface area contributed by atoms with E-state index in [-0.39, 0.29) is 49.3 Å². The molecule has 1 saturated heterocycles. The second-order valence-corrected chi connectivity index (χ2v) is 8.30. The van der Waals surface area contributed by atoms with E-state index in [2.05, 4.69) is 32.2 Å². The quantitative estimate of drug-likeness (QED) is 0.558. The Hall–Kier alpha value is -3.08. The fourth-order valence-corrected chi connectivity index (χ4v) is 4.24. The third-order valence-corrected chi connectivity index (χ3v) is 6.03. The summed E-state index contributed by atoms with van der Waals surface area (Å²) >= 11 is 0. The molecule has 2 aliphatic rings. The number of hydrogen-bond acceptors (Lipinski definition) is 6. The van der Waals surface area contributed by atoms with E-state index in [0.29, 0.717) is 42.1 Å². The Kier molecular flexibility index (Phi) is 6.09. The number of fused-ring (bicyclic) bond motifs is 1. The van der Waals surface area contributed by atoms with Gasteiger partial charge >= 0.3 is 0 Å². The molecule has 2 amide bonds. The third-order valence-electron chi connectivity index (χ3n) is 6.03. The average molecular weight is 448 g/mol. The molecule has 0 unspecified atom stereocenters. The number of piperidine rings is 1. The van der Waals surface area contributed by atoms with E-state index >= 15 is 0 Å². The van der Waals surface area contributed by atoms with Gasteiger partial charge in [-0.2, -0.15) is 0 Å². The number of aromatic nitrogens is 3. The Morgan fingerprint density at radius 2 is 2.22 bits per heavy atom. The van der Waals surface area contributed by atoms with Crippen LogP contribution in [0.4, 0.5) is 14.6 Å². The molecule has 2 atom stereocenters. The van der Waals surface area contributed by atoms with Crippen LogP contribution in [-0.4, -0.2) is 76.5 Å². The van der Waals surface area contributed by atoms with Crippen LogP contribution in [0.5, 0.6) is 0 Å². The lowest BCUT2D eigenvalue weighted by atomic mass is 9.81. The molecule has 3 heterocycles. The number of halogens is 2. The minimum Gasteiger partial charge on any atom is -0.377 e. The van der Waals surface area contributed by atoms with E-state index in [1.165, 1.54) is 12.3 Å². The van der Waals surface area contributed by atoms with Gasteiger partial charge in [0.05, 0.1) is 23.9 Å². The molecule has 2 aromatic heterocycles. The van der Waals surface area contributed by atoms with E-state index in [9.17, 15) is 18.4 Å². The van der Waals surface area contributed by atoms with Crippen LogP contribution in [0.25, 0.3) is 11.2 Å². The van der Waals surface area contributed by atoms with E-state index < -0.39 is 5.92 Å². The summed E-state index contributed by atoms with van der Waals surface area (Å²) in [5.41, 5.74) is 1.14. The van der Waals surface area contributed by atoms with Crippen molar-refractivity contribution in [3.05, 3.63) is 30.6 Å². The summed E-state index contributed by atoms with van der Waals surface area (Å²) in [4.78, 5) is 37.9. The third kappa shape index (κ3) is 4.57. The number of likely N-dealkylation sites (tertiary alicyclic amines) is 1. The van der Waals surface area contributed by atoms with Gasteiger partial charge in [0, 0.05) is 45.8 Å². The Labute approximate surface area is 183 Å². The molecule has 0 radical (unpaired) electrons. The van der Waals surface area contributed by atoms with Gasteiger partial charge in [0.2, 0.25) is 11.8 Å². The van der Waals surface area contributed by atoms with Crippen LogP contribution in [0, 0.1) is 5.92 Å². The summed E-state index contributed by atoms with van der Waals surface area (Å²) in [6, 6.07) is -0.0999. The van der Waals surface area contributed by atoms with Gasteiger partial charge in [-0.15, -0.1) is 0 Å². The summed E-state index contributed by atoms with van der Waals surface area (Å²) in [7, 11) is 1.59. The maximum atomic E-state index is 13.0. The molecule has 9 nitrogen and oxygen atoms in total. The van der Waals surface area contributed by atoms with E-state index in [1.54, 1.807) is 18.2 Å². The van der Waals surface area contributed by atoms with Crippen molar-refractivity contribution in [1.29, 1.82) is 0 Å². The predicted molar refractivity (Wildman–Crippen MR) is 113 cm³/mol. The number of rotatable bonds is 7. The molecule has 1 aliphatic carbocycles. The Bertz CT molecular complexity index is 1020. The Balaban J connectivity index is 1.42. The monoisotopic (exact) mass is 448 g/mol. The zero-order valence-electron chi connectivity index (χ0n) is 17.7. The molecule has 0 spiro atoms. The van der Waals surface area contributed by atoms with Crippen LogP contribution < -0.4 is 10.6 Å². The number of amides is 2. The maximum Gasteiger partial charge on any atom is 0.255 e. The SMILES string of the molecule is C=CC(=O)N1CC[C@@H](Nc2cnc3[nH]cc(C(=O)NCC4CC(F)(F)C4)c3n2)[C@@H](OC)C1. The number of ether oxygens (including phenoxy) is 1. The molecule has 2 aromatic rings. The number of carbonyl (C=O) groups excluding carboxylic acids is 2. The highest BCUT2D eigenvalue weighted by Gasteiger charge is 2.45. The topological polar surface area (TPSA) is 112 Å². The summed E-state index contributed by atoms with van der Waals surface area (Å²) in [5, 5.41) is 6.00. The minimum atomic E-state index is -2.61. The highest BCUT2D eigenvalue weighted by atomic mass is 19.3. The lowest BCUT2D eigenvalue weighted by Gasteiger charge is -2.37. The summed E-state index contributed by atoms with van der Waals surface area (Å²) in [6.07, 6.45) is 4.35.